The summed E-state index contributed by atoms with van der Waals surface area (Å²) in [5.41, 5.74) is 4.23. The van der Waals surface area contributed by atoms with Gasteiger partial charge in [-0.15, -0.1) is 45.3 Å². The van der Waals surface area contributed by atoms with E-state index in [4.69, 9.17) is 0 Å². The molecule has 0 unspecified atom stereocenters. The number of nitrogens with zero attached hydrogens (tertiary/aromatic N) is 1. The molecule has 3 nitrogen and oxygen atoms in total. The molecule has 0 aliphatic carbocycles. The van der Waals surface area contributed by atoms with Gasteiger partial charge in [0.1, 0.15) is 0 Å². The summed E-state index contributed by atoms with van der Waals surface area (Å²) < 4.78 is 0. The zero-order valence-electron chi connectivity index (χ0n) is 37.7. The fraction of sp³-hybridized carbons (Fsp3) is 0.654. The minimum absolute atomic E-state index is 0.0715. The Morgan fingerprint density at radius 2 is 0.831 bits per heavy atom. The van der Waals surface area contributed by atoms with E-state index in [1.54, 1.807) is 16.2 Å². The van der Waals surface area contributed by atoms with Crippen molar-refractivity contribution in [2.45, 2.75) is 214 Å². The van der Waals surface area contributed by atoms with Gasteiger partial charge in [0.15, 0.2) is 0 Å². The lowest BCUT2D eigenvalue weighted by atomic mass is 10.0. The number of carbonyl (C=O) groups excluding carboxylic acids is 2. The molecule has 0 spiro atoms. The maximum atomic E-state index is 14.1. The van der Waals surface area contributed by atoms with E-state index in [-0.39, 0.29) is 11.8 Å². The Morgan fingerprint density at radius 1 is 0.407 bits per heavy atom. The average Bonchev–Trinajstić information content (AvgIpc) is 4.06. The Balaban J connectivity index is 1.26. The van der Waals surface area contributed by atoms with Gasteiger partial charge in [0.05, 0.1) is 16.0 Å². The van der Waals surface area contributed by atoms with Gasteiger partial charge < -0.3 is 0 Å². The molecule has 1 aliphatic heterocycles. The Kier molecular flexibility index (Phi) is 21.5. The maximum absolute atomic E-state index is 14.1. The van der Waals surface area contributed by atoms with E-state index >= 15 is 0 Å². The molecule has 0 atom stereocenters. The molecule has 0 bridgehead atoms. The van der Waals surface area contributed by atoms with E-state index in [1.165, 1.54) is 194 Å². The number of fused-ring (bicyclic) bond motifs is 1. The molecule has 7 heteroatoms. The number of imide groups is 1. The molecule has 326 valence electrons. The third-order valence-corrected chi connectivity index (χ3v) is 17.5. The summed E-state index contributed by atoms with van der Waals surface area (Å²) in [5.74, 6) is -0.147. The zero-order valence-corrected chi connectivity index (χ0v) is 41.0. The Labute approximate surface area is 375 Å². The number of unbranched alkanes of at least 4 members (excludes halogenated alkanes) is 23. The van der Waals surface area contributed by atoms with Crippen LogP contribution in [0.5, 0.6) is 0 Å². The smallest absolute Gasteiger partial charge is 0.263 e. The first-order chi connectivity index (χ1) is 28.9. The lowest BCUT2D eigenvalue weighted by molar-refractivity contribution is 0.0651. The van der Waals surface area contributed by atoms with Crippen LogP contribution in [-0.2, 0) is 12.8 Å². The standard InChI is InChI=1S/C52H77NO2S4/c1-6-9-12-15-18-20-22-24-26-29-32-41-37-45(56-39(41)4)43-34-35-44(58-43)46-38-42(33-30-27-25-23-21-19-16-13-10-7-2)49(59-46)50-48-47(40(5)57-50)51(54)53(52(48)55)36-31-28-17-14-11-8-3/h34-35,37-38H,6-33,36H2,1-5H3. The summed E-state index contributed by atoms with van der Waals surface area (Å²) in [6, 6.07) is 9.54. The molecule has 0 fully saturated rings. The van der Waals surface area contributed by atoms with E-state index in [0.29, 0.717) is 17.7 Å². The summed E-state index contributed by atoms with van der Waals surface area (Å²) in [7, 11) is 0. The number of hydrogen-bond donors (Lipinski definition) is 0. The van der Waals surface area contributed by atoms with Crippen LogP contribution in [0.1, 0.15) is 229 Å². The second kappa shape index (κ2) is 26.4. The molecule has 0 aromatic carbocycles. The fourth-order valence-electron chi connectivity index (χ4n) is 8.81. The van der Waals surface area contributed by atoms with Gasteiger partial charge in [-0.25, -0.2) is 0 Å². The number of carbonyl (C=O) groups is 2. The highest BCUT2D eigenvalue weighted by molar-refractivity contribution is 7.28. The molecule has 0 N–H and O–H groups in total. The second-order valence-corrected chi connectivity index (χ2v) is 22.1. The van der Waals surface area contributed by atoms with Crippen molar-refractivity contribution in [3.8, 4) is 29.3 Å². The quantitative estimate of drug-likeness (QED) is 0.0362. The predicted molar refractivity (Wildman–Crippen MR) is 264 cm³/mol. The monoisotopic (exact) mass is 875 g/mol. The van der Waals surface area contributed by atoms with Crippen molar-refractivity contribution >= 4 is 57.2 Å². The summed E-state index contributed by atoms with van der Waals surface area (Å²) in [6.45, 7) is 11.7. The maximum Gasteiger partial charge on any atom is 0.263 e. The Morgan fingerprint density at radius 3 is 1.36 bits per heavy atom. The Bertz CT molecular complexity index is 1840. The van der Waals surface area contributed by atoms with Gasteiger partial charge in [-0.05, 0) is 81.3 Å². The van der Waals surface area contributed by atoms with Crippen molar-refractivity contribution in [2.75, 3.05) is 6.54 Å². The van der Waals surface area contributed by atoms with Gasteiger partial charge >= 0.3 is 0 Å². The van der Waals surface area contributed by atoms with Crippen LogP contribution >= 0.6 is 45.3 Å². The van der Waals surface area contributed by atoms with E-state index in [0.717, 1.165) is 35.4 Å². The fourth-order valence-corrected chi connectivity index (χ4v) is 13.6. The molecule has 0 saturated carbocycles. The van der Waals surface area contributed by atoms with Crippen LogP contribution in [0.25, 0.3) is 29.3 Å². The molecular weight excluding hydrogens is 799 g/mol. The second-order valence-electron chi connectivity index (χ2n) is 17.5. The highest BCUT2D eigenvalue weighted by atomic mass is 32.1. The van der Waals surface area contributed by atoms with Crippen LogP contribution in [0.3, 0.4) is 0 Å². The van der Waals surface area contributed by atoms with Crippen molar-refractivity contribution in [3.05, 3.63) is 56.3 Å². The lowest BCUT2D eigenvalue weighted by Gasteiger charge is -2.14. The van der Waals surface area contributed by atoms with Crippen molar-refractivity contribution in [2.24, 2.45) is 0 Å². The van der Waals surface area contributed by atoms with Crippen LogP contribution in [-0.4, -0.2) is 23.3 Å². The van der Waals surface area contributed by atoms with Crippen molar-refractivity contribution in [1.82, 2.24) is 4.90 Å². The van der Waals surface area contributed by atoms with Gasteiger partial charge in [-0.1, -0.05) is 168 Å². The van der Waals surface area contributed by atoms with Crippen LogP contribution in [0.15, 0.2) is 24.3 Å². The number of rotatable bonds is 32. The third kappa shape index (κ3) is 14.2. The number of thiophene rings is 4. The first kappa shape index (κ1) is 48.0. The van der Waals surface area contributed by atoms with Gasteiger partial charge in [-0.2, -0.15) is 0 Å². The topological polar surface area (TPSA) is 37.4 Å². The largest absolute Gasteiger partial charge is 0.274 e. The molecule has 5 rings (SSSR count). The van der Waals surface area contributed by atoms with Crippen LogP contribution in [0, 0.1) is 13.8 Å². The molecule has 1 aliphatic rings. The van der Waals surface area contributed by atoms with Gasteiger partial charge in [-0.3, -0.25) is 14.5 Å². The van der Waals surface area contributed by atoms with Gasteiger partial charge in [0.25, 0.3) is 11.8 Å². The lowest BCUT2D eigenvalue weighted by Crippen LogP contribution is -2.31. The van der Waals surface area contributed by atoms with Crippen molar-refractivity contribution in [1.29, 1.82) is 0 Å². The Hall–Kier alpha value is -2.06. The number of hydrogen-bond acceptors (Lipinski definition) is 6. The summed E-state index contributed by atoms with van der Waals surface area (Å²) >= 11 is 7.37. The molecule has 4 aromatic rings. The summed E-state index contributed by atoms with van der Waals surface area (Å²) in [5, 5.41) is 0. The molecule has 0 radical (unpaired) electrons. The molecule has 4 aromatic heterocycles. The number of aryl methyl sites for hydroxylation is 4. The van der Waals surface area contributed by atoms with E-state index < -0.39 is 0 Å². The number of amides is 2. The predicted octanol–water partition coefficient (Wildman–Crippen LogP) is 18.4. The molecular formula is C52H77NO2S4. The minimum atomic E-state index is -0.0757. The average molecular weight is 876 g/mol. The van der Waals surface area contributed by atoms with E-state index in [1.807, 2.05) is 40.9 Å². The van der Waals surface area contributed by atoms with E-state index in [2.05, 4.69) is 52.0 Å². The zero-order chi connectivity index (χ0) is 41.8. The van der Waals surface area contributed by atoms with Gasteiger partial charge in [0.2, 0.25) is 0 Å². The molecule has 59 heavy (non-hydrogen) atoms. The highest BCUT2D eigenvalue weighted by Gasteiger charge is 2.41. The summed E-state index contributed by atoms with van der Waals surface area (Å²) in [6.07, 6.45) is 36.0. The minimum Gasteiger partial charge on any atom is -0.274 e. The molecule has 0 saturated heterocycles. The van der Waals surface area contributed by atoms with Crippen molar-refractivity contribution in [3.63, 3.8) is 0 Å². The normalized spacial score (nSPS) is 12.8. The third-order valence-electron chi connectivity index (χ3n) is 12.5. The van der Waals surface area contributed by atoms with E-state index in [9.17, 15) is 9.59 Å². The SMILES string of the molecule is CCCCCCCCCCCCc1cc(-c2ccc(-c3cc(CCCCCCCCCCCC)c(-c4sc(C)c5c4C(=O)N(CCCCCCCC)C5=O)s3)s2)sc1C. The van der Waals surface area contributed by atoms with Crippen molar-refractivity contribution < 1.29 is 9.59 Å². The van der Waals surface area contributed by atoms with Gasteiger partial charge in [0, 0.05) is 40.7 Å². The highest BCUT2D eigenvalue weighted by Crippen LogP contribution is 2.49. The first-order valence-electron chi connectivity index (χ1n) is 24.2. The molecule has 5 heterocycles. The van der Waals surface area contributed by atoms with Crippen LogP contribution in [0.4, 0.5) is 0 Å². The first-order valence-corrected chi connectivity index (χ1v) is 27.5. The summed E-state index contributed by atoms with van der Waals surface area (Å²) in [4.78, 5) is 39.4. The van der Waals surface area contributed by atoms with Crippen LogP contribution < -0.4 is 0 Å². The van der Waals surface area contributed by atoms with Crippen LogP contribution in [0.2, 0.25) is 0 Å². The molecule has 2 amide bonds.